The number of anilines is 1. The van der Waals surface area contributed by atoms with Crippen LogP contribution in [-0.2, 0) is 0 Å². The van der Waals surface area contributed by atoms with Crippen molar-refractivity contribution < 1.29 is 18.7 Å². The number of aliphatic hydroxyl groups is 1. The van der Waals surface area contributed by atoms with Crippen molar-refractivity contribution in [1.29, 1.82) is 0 Å². The Hall–Kier alpha value is -3.16. The fraction of sp³-hybridized carbons (Fsp3) is 0.231. The molecule has 0 radical (unpaired) electrons. The minimum atomic E-state index is -1.39. The molecule has 2 aromatic heterocycles. The second-order valence-electron chi connectivity index (χ2n) is 8.90. The minimum absolute atomic E-state index is 0.0712. The number of aromatic nitrogens is 1. The number of hydrogen-bond donors (Lipinski definition) is 2. The van der Waals surface area contributed by atoms with Crippen LogP contribution < -0.4 is 10.2 Å². The molecule has 2 N–H and O–H groups in total. The zero-order chi connectivity index (χ0) is 25.3. The number of carbonyl (C=O) groups is 1. The number of para-hydroxylation sites is 1. The zero-order valence-electron chi connectivity index (χ0n) is 19.3. The van der Waals surface area contributed by atoms with Crippen molar-refractivity contribution >= 4 is 44.4 Å². The van der Waals surface area contributed by atoms with E-state index in [-0.39, 0.29) is 10.7 Å². The maximum absolute atomic E-state index is 15.2. The summed E-state index contributed by atoms with van der Waals surface area (Å²) in [5.41, 5.74) is -0.692. The summed E-state index contributed by atoms with van der Waals surface area (Å²) >= 11 is 2.48. The standard InChI is InChI=1S/C26H23F2N3O2S2/c1-5-21-29-19(14-35-21)25(33)31(23-17(27)10-8-11-18(23)28)22(24(32)30-26(2,3)4)16-13-34-20-12-7-6-9-15(16)20/h1,6-14,22,24,30,32H,2-4H3. The zero-order valence-corrected chi connectivity index (χ0v) is 20.9. The van der Waals surface area contributed by atoms with E-state index < -0.39 is 41.0 Å². The van der Waals surface area contributed by atoms with Crippen LogP contribution in [0, 0.1) is 24.0 Å². The minimum Gasteiger partial charge on any atom is -0.376 e. The molecule has 2 heterocycles. The van der Waals surface area contributed by atoms with Crippen LogP contribution in [0.25, 0.3) is 10.1 Å². The number of halogens is 2. The summed E-state index contributed by atoms with van der Waals surface area (Å²) in [7, 11) is 0. The Morgan fingerprint density at radius 2 is 1.80 bits per heavy atom. The number of aliphatic hydroxyl groups excluding tert-OH is 1. The van der Waals surface area contributed by atoms with E-state index in [1.807, 2.05) is 45.0 Å². The fourth-order valence-corrected chi connectivity index (χ4v) is 5.43. The lowest BCUT2D eigenvalue weighted by molar-refractivity contribution is 0.0690. The number of fused-ring (bicyclic) bond motifs is 1. The molecular weight excluding hydrogens is 488 g/mol. The average Bonchev–Trinajstić information content (AvgIpc) is 3.44. The molecule has 4 rings (SSSR count). The monoisotopic (exact) mass is 511 g/mol. The van der Waals surface area contributed by atoms with E-state index >= 15 is 8.78 Å². The molecule has 0 spiro atoms. The van der Waals surface area contributed by atoms with Crippen molar-refractivity contribution in [1.82, 2.24) is 10.3 Å². The molecule has 2 aromatic carbocycles. The number of hydrogen-bond acceptors (Lipinski definition) is 6. The number of thiophene rings is 1. The molecule has 0 aliphatic heterocycles. The lowest BCUT2D eigenvalue weighted by Gasteiger charge is -2.38. The second-order valence-corrected chi connectivity index (χ2v) is 10.7. The highest BCUT2D eigenvalue weighted by atomic mass is 32.1. The van der Waals surface area contributed by atoms with Crippen LogP contribution in [0.5, 0.6) is 0 Å². The van der Waals surface area contributed by atoms with Gasteiger partial charge in [-0.3, -0.25) is 15.0 Å². The van der Waals surface area contributed by atoms with Gasteiger partial charge in [0.2, 0.25) is 0 Å². The van der Waals surface area contributed by atoms with Crippen molar-refractivity contribution in [3.05, 3.63) is 81.1 Å². The third kappa shape index (κ3) is 5.11. The summed E-state index contributed by atoms with van der Waals surface area (Å²) in [4.78, 5) is 18.9. The van der Waals surface area contributed by atoms with Gasteiger partial charge in [0.1, 0.15) is 35.3 Å². The highest BCUT2D eigenvalue weighted by Crippen LogP contribution is 2.40. The Labute approximate surface area is 210 Å². The van der Waals surface area contributed by atoms with Gasteiger partial charge >= 0.3 is 0 Å². The van der Waals surface area contributed by atoms with Gasteiger partial charge in [-0.15, -0.1) is 29.1 Å². The first-order valence-corrected chi connectivity index (χ1v) is 12.5. The predicted octanol–water partition coefficient (Wildman–Crippen LogP) is 5.71. The number of nitrogens with zero attached hydrogens (tertiary/aromatic N) is 2. The van der Waals surface area contributed by atoms with Gasteiger partial charge in [-0.05, 0) is 61.2 Å². The van der Waals surface area contributed by atoms with Crippen molar-refractivity contribution in [3.8, 4) is 12.3 Å². The number of thiazole rings is 1. The predicted molar refractivity (Wildman–Crippen MR) is 137 cm³/mol. The summed E-state index contributed by atoms with van der Waals surface area (Å²) in [6.45, 7) is 5.53. The van der Waals surface area contributed by atoms with Crippen LogP contribution in [0.1, 0.15) is 47.9 Å². The van der Waals surface area contributed by atoms with Gasteiger partial charge in [0.25, 0.3) is 5.91 Å². The van der Waals surface area contributed by atoms with Gasteiger partial charge in [-0.25, -0.2) is 13.8 Å². The first-order chi connectivity index (χ1) is 16.6. The molecule has 35 heavy (non-hydrogen) atoms. The highest BCUT2D eigenvalue weighted by molar-refractivity contribution is 7.17. The number of amides is 1. The average molecular weight is 512 g/mol. The summed E-state index contributed by atoms with van der Waals surface area (Å²) in [6, 6.07) is 9.61. The number of nitrogens with one attached hydrogen (secondary N) is 1. The molecule has 0 aliphatic rings. The molecule has 0 aliphatic carbocycles. The highest BCUT2D eigenvalue weighted by Gasteiger charge is 2.39. The first kappa shape index (κ1) is 24.9. The lowest BCUT2D eigenvalue weighted by atomic mass is 9.98. The van der Waals surface area contributed by atoms with Crippen LogP contribution >= 0.6 is 22.7 Å². The van der Waals surface area contributed by atoms with E-state index in [1.54, 1.807) is 5.38 Å². The van der Waals surface area contributed by atoms with E-state index in [1.165, 1.54) is 22.8 Å². The van der Waals surface area contributed by atoms with Crippen molar-refractivity contribution in [3.63, 3.8) is 0 Å². The largest absolute Gasteiger partial charge is 0.376 e. The van der Waals surface area contributed by atoms with E-state index in [4.69, 9.17) is 6.42 Å². The van der Waals surface area contributed by atoms with Gasteiger partial charge < -0.3 is 5.11 Å². The second kappa shape index (κ2) is 9.84. The van der Waals surface area contributed by atoms with Crippen molar-refractivity contribution in [2.24, 2.45) is 0 Å². The van der Waals surface area contributed by atoms with Crippen molar-refractivity contribution in [2.45, 2.75) is 38.6 Å². The maximum Gasteiger partial charge on any atom is 0.278 e. The Morgan fingerprint density at radius 3 is 2.43 bits per heavy atom. The molecule has 5 nitrogen and oxygen atoms in total. The van der Waals surface area contributed by atoms with Gasteiger partial charge in [-0.2, -0.15) is 0 Å². The number of terminal acetylenes is 1. The Bertz CT molecular complexity index is 1400. The Morgan fingerprint density at radius 1 is 1.11 bits per heavy atom. The van der Waals surface area contributed by atoms with Crippen LogP contribution in [0.15, 0.2) is 53.2 Å². The van der Waals surface area contributed by atoms with Gasteiger partial charge in [-0.1, -0.05) is 24.3 Å². The smallest absolute Gasteiger partial charge is 0.278 e. The summed E-state index contributed by atoms with van der Waals surface area (Å²) < 4.78 is 31.3. The molecular formula is C26H23F2N3O2S2. The molecule has 0 saturated carbocycles. The van der Waals surface area contributed by atoms with Crippen LogP contribution in [0.2, 0.25) is 0 Å². The lowest BCUT2D eigenvalue weighted by Crippen LogP contribution is -2.52. The van der Waals surface area contributed by atoms with Crippen molar-refractivity contribution in [2.75, 3.05) is 4.90 Å². The molecule has 2 unspecified atom stereocenters. The Balaban J connectivity index is 1.98. The third-order valence-electron chi connectivity index (χ3n) is 5.23. The number of carbonyl (C=O) groups excluding carboxylic acids is 1. The van der Waals surface area contributed by atoms with Gasteiger partial charge in [0, 0.05) is 15.6 Å². The molecule has 0 bridgehead atoms. The van der Waals surface area contributed by atoms with Crippen LogP contribution in [-0.4, -0.2) is 27.8 Å². The summed E-state index contributed by atoms with van der Waals surface area (Å²) in [5, 5.41) is 18.7. The Kier molecular flexibility index (Phi) is 7.01. The molecule has 0 saturated heterocycles. The normalized spacial score (nSPS) is 13.4. The fourth-order valence-electron chi connectivity index (χ4n) is 3.85. The molecule has 0 fully saturated rings. The summed E-state index contributed by atoms with van der Waals surface area (Å²) in [6.07, 6.45) is 4.03. The molecule has 4 aromatic rings. The SMILES string of the molecule is C#Cc1nc(C(=O)N(c2c(F)cccc2F)C(c2csc3ccccc23)C(O)NC(C)(C)C)cs1. The van der Waals surface area contributed by atoms with E-state index in [0.717, 1.165) is 38.5 Å². The molecule has 180 valence electrons. The number of rotatable bonds is 6. The number of benzene rings is 2. The van der Waals surface area contributed by atoms with E-state index in [0.29, 0.717) is 5.56 Å². The third-order valence-corrected chi connectivity index (χ3v) is 6.99. The van der Waals surface area contributed by atoms with E-state index in [9.17, 15) is 9.90 Å². The van der Waals surface area contributed by atoms with Gasteiger partial charge in [0.15, 0.2) is 5.01 Å². The molecule has 9 heteroatoms. The molecule has 2 atom stereocenters. The van der Waals surface area contributed by atoms with Crippen LogP contribution in [0.3, 0.4) is 0 Å². The summed E-state index contributed by atoms with van der Waals surface area (Å²) in [5.74, 6) is -0.315. The first-order valence-electron chi connectivity index (χ1n) is 10.7. The maximum atomic E-state index is 15.2. The van der Waals surface area contributed by atoms with E-state index in [2.05, 4.69) is 16.2 Å². The van der Waals surface area contributed by atoms with Crippen LogP contribution in [0.4, 0.5) is 14.5 Å². The topological polar surface area (TPSA) is 65.5 Å². The quantitative estimate of drug-likeness (QED) is 0.257. The molecule has 1 amide bonds. The van der Waals surface area contributed by atoms with Gasteiger partial charge in [0.05, 0.1) is 0 Å².